The molecule has 33 heavy (non-hydrogen) atoms. The number of thioether (sulfide) groups is 1. The molecule has 1 aliphatic heterocycles. The number of para-hydroxylation sites is 2. The molecule has 0 aromatic heterocycles. The quantitative estimate of drug-likeness (QED) is 0.451. The first-order valence-electron chi connectivity index (χ1n) is 10.2. The van der Waals surface area contributed by atoms with Crippen molar-refractivity contribution in [1.82, 2.24) is 0 Å². The Morgan fingerprint density at radius 1 is 0.970 bits per heavy atom. The summed E-state index contributed by atoms with van der Waals surface area (Å²) in [4.78, 5) is 22.3. The summed E-state index contributed by atoms with van der Waals surface area (Å²) in [5, 5.41) is 4.09. The lowest BCUT2D eigenvalue weighted by molar-refractivity contribution is -0.113. The maximum atomic E-state index is 12.6. The van der Waals surface area contributed by atoms with Crippen molar-refractivity contribution in [1.29, 1.82) is 0 Å². The molecule has 1 N–H and O–H groups in total. The Morgan fingerprint density at radius 2 is 1.70 bits per heavy atom. The van der Waals surface area contributed by atoms with Crippen LogP contribution in [-0.4, -0.2) is 36.6 Å². The average Bonchev–Trinajstić information content (AvgIpc) is 3.03. The maximum Gasteiger partial charge on any atom is 0.234 e. The first-order chi connectivity index (χ1) is 16.1. The number of amides is 1. The summed E-state index contributed by atoms with van der Waals surface area (Å²) >= 11 is 7.59. The van der Waals surface area contributed by atoms with E-state index in [1.807, 2.05) is 48.5 Å². The zero-order chi connectivity index (χ0) is 23.2. The lowest BCUT2D eigenvalue weighted by atomic mass is 10.1. The molecule has 8 heteroatoms. The highest BCUT2D eigenvalue weighted by molar-refractivity contribution is 8.14. The van der Waals surface area contributed by atoms with Gasteiger partial charge in [0.15, 0.2) is 0 Å². The minimum absolute atomic E-state index is 0.180. The number of fused-ring (bicyclic) bond motifs is 1. The fraction of sp³-hybridized carbons (Fsp3) is 0.160. The van der Waals surface area contributed by atoms with Gasteiger partial charge in [-0.3, -0.25) is 9.79 Å². The van der Waals surface area contributed by atoms with E-state index in [2.05, 4.69) is 5.32 Å². The number of hydrogen-bond acceptors (Lipinski definition) is 6. The van der Waals surface area contributed by atoms with Crippen molar-refractivity contribution in [3.8, 4) is 11.5 Å². The van der Waals surface area contributed by atoms with Gasteiger partial charge in [0, 0.05) is 18.1 Å². The van der Waals surface area contributed by atoms with Crippen LogP contribution in [-0.2, 0) is 4.79 Å². The van der Waals surface area contributed by atoms with Crippen molar-refractivity contribution in [2.24, 2.45) is 9.98 Å². The Balaban J connectivity index is 1.53. The number of carbonyl (C=O) groups is 1. The highest BCUT2D eigenvalue weighted by atomic mass is 35.5. The van der Waals surface area contributed by atoms with E-state index in [1.54, 1.807) is 32.4 Å². The molecule has 3 aromatic rings. The Bertz CT molecular complexity index is 1240. The van der Waals surface area contributed by atoms with E-state index in [1.165, 1.54) is 11.8 Å². The molecule has 1 aliphatic rings. The summed E-state index contributed by atoms with van der Waals surface area (Å²) in [6.45, 7) is 0. The van der Waals surface area contributed by atoms with Crippen molar-refractivity contribution in [2.75, 3.05) is 25.3 Å². The Hall–Kier alpha value is -3.29. The zero-order valence-electron chi connectivity index (χ0n) is 18.2. The smallest absolute Gasteiger partial charge is 0.234 e. The Kier molecular flexibility index (Phi) is 7.32. The largest absolute Gasteiger partial charge is 0.497 e. The second kappa shape index (κ2) is 10.6. The van der Waals surface area contributed by atoms with E-state index >= 15 is 0 Å². The van der Waals surface area contributed by atoms with E-state index in [4.69, 9.17) is 31.1 Å². The first-order valence-corrected chi connectivity index (χ1v) is 11.6. The molecule has 0 radical (unpaired) electrons. The van der Waals surface area contributed by atoms with Crippen LogP contribution in [0.1, 0.15) is 12.0 Å². The molecule has 6 nitrogen and oxygen atoms in total. The van der Waals surface area contributed by atoms with Gasteiger partial charge in [-0.05, 0) is 36.4 Å². The number of aliphatic imine (C=N–C) groups is 2. The highest BCUT2D eigenvalue weighted by Gasteiger charge is 2.17. The zero-order valence-corrected chi connectivity index (χ0v) is 19.7. The van der Waals surface area contributed by atoms with Gasteiger partial charge in [-0.15, -0.1) is 11.8 Å². The predicted molar refractivity (Wildman–Crippen MR) is 136 cm³/mol. The summed E-state index contributed by atoms with van der Waals surface area (Å²) < 4.78 is 10.6. The van der Waals surface area contributed by atoms with Crippen LogP contribution in [0.5, 0.6) is 11.5 Å². The molecular formula is C25H22ClN3O3S. The van der Waals surface area contributed by atoms with Gasteiger partial charge >= 0.3 is 0 Å². The van der Waals surface area contributed by atoms with E-state index < -0.39 is 0 Å². The number of carbonyl (C=O) groups excluding carboxylic acids is 1. The Labute approximate surface area is 201 Å². The van der Waals surface area contributed by atoms with E-state index in [0.717, 1.165) is 33.4 Å². The molecule has 1 heterocycles. The van der Waals surface area contributed by atoms with Crippen LogP contribution >= 0.6 is 23.4 Å². The fourth-order valence-corrected chi connectivity index (χ4v) is 4.21. The standard InChI is InChI=1S/C25H22ClN3O3S/c1-31-17-7-5-6-16(12-17)22-14-25(29-21-9-4-3-8-20(21)27-22)33-15-24(30)28-23-13-18(32-2)10-11-19(23)26/h3-13H,14-15H2,1-2H3,(H,28,30). The summed E-state index contributed by atoms with van der Waals surface area (Å²) in [7, 11) is 3.20. The fourth-order valence-electron chi connectivity index (χ4n) is 3.27. The molecule has 0 spiro atoms. The predicted octanol–water partition coefficient (Wildman–Crippen LogP) is 6.28. The van der Waals surface area contributed by atoms with Crippen LogP contribution in [0.3, 0.4) is 0 Å². The minimum atomic E-state index is -0.185. The molecule has 0 saturated carbocycles. The Morgan fingerprint density at radius 3 is 2.45 bits per heavy atom. The molecule has 0 aliphatic carbocycles. The lowest BCUT2D eigenvalue weighted by Crippen LogP contribution is -2.16. The van der Waals surface area contributed by atoms with Crippen LogP contribution in [0.15, 0.2) is 76.7 Å². The number of ether oxygens (including phenoxy) is 2. The summed E-state index contributed by atoms with van der Waals surface area (Å²) in [5.41, 5.74) is 3.88. The molecule has 168 valence electrons. The molecule has 0 bridgehead atoms. The SMILES string of the molecule is COc1cccc(C2=Nc3ccccc3N=C(SCC(=O)Nc3cc(OC)ccc3Cl)C2)c1. The van der Waals surface area contributed by atoms with Gasteiger partial charge in [-0.2, -0.15) is 0 Å². The van der Waals surface area contributed by atoms with E-state index in [-0.39, 0.29) is 11.7 Å². The van der Waals surface area contributed by atoms with Crippen molar-refractivity contribution in [3.63, 3.8) is 0 Å². The lowest BCUT2D eigenvalue weighted by Gasteiger charge is -2.10. The summed E-state index contributed by atoms with van der Waals surface area (Å²) in [6.07, 6.45) is 0.500. The van der Waals surface area contributed by atoms with Crippen molar-refractivity contribution < 1.29 is 14.3 Å². The molecule has 4 rings (SSSR count). The van der Waals surface area contributed by atoms with E-state index in [0.29, 0.717) is 22.9 Å². The molecule has 0 fully saturated rings. The number of benzene rings is 3. The molecule has 0 saturated heterocycles. The van der Waals surface area contributed by atoms with Gasteiger partial charge in [0.2, 0.25) is 5.91 Å². The number of rotatable bonds is 6. The molecule has 0 atom stereocenters. The summed E-state index contributed by atoms with van der Waals surface area (Å²) in [6, 6.07) is 20.6. The van der Waals surface area contributed by atoms with Crippen molar-refractivity contribution in [2.45, 2.75) is 6.42 Å². The number of methoxy groups -OCH3 is 2. The van der Waals surface area contributed by atoms with Gasteiger partial charge < -0.3 is 14.8 Å². The molecular weight excluding hydrogens is 458 g/mol. The van der Waals surface area contributed by atoms with Crippen LogP contribution in [0.4, 0.5) is 17.1 Å². The molecule has 3 aromatic carbocycles. The van der Waals surface area contributed by atoms with Gasteiger partial charge in [0.05, 0.1) is 52.8 Å². The average molecular weight is 480 g/mol. The topological polar surface area (TPSA) is 72.3 Å². The number of nitrogens with zero attached hydrogens (tertiary/aromatic N) is 2. The first kappa shape index (κ1) is 22.9. The van der Waals surface area contributed by atoms with Gasteiger partial charge in [0.25, 0.3) is 0 Å². The maximum absolute atomic E-state index is 12.6. The summed E-state index contributed by atoms with van der Waals surface area (Å²) in [5.74, 6) is 1.37. The third-order valence-electron chi connectivity index (χ3n) is 4.92. The van der Waals surface area contributed by atoms with Crippen LogP contribution in [0.25, 0.3) is 0 Å². The number of hydrogen-bond donors (Lipinski definition) is 1. The number of nitrogens with one attached hydrogen (secondary N) is 1. The van der Waals surface area contributed by atoms with Crippen molar-refractivity contribution >= 4 is 57.1 Å². The van der Waals surface area contributed by atoms with Gasteiger partial charge in [0.1, 0.15) is 11.5 Å². The number of halogens is 1. The van der Waals surface area contributed by atoms with Gasteiger partial charge in [-0.25, -0.2) is 4.99 Å². The second-order valence-electron chi connectivity index (χ2n) is 7.14. The van der Waals surface area contributed by atoms with Gasteiger partial charge in [-0.1, -0.05) is 35.9 Å². The molecule has 1 amide bonds. The minimum Gasteiger partial charge on any atom is -0.497 e. The normalized spacial score (nSPS) is 12.7. The third kappa shape index (κ3) is 5.74. The van der Waals surface area contributed by atoms with E-state index in [9.17, 15) is 4.79 Å². The van der Waals surface area contributed by atoms with Crippen LogP contribution in [0, 0.1) is 0 Å². The van der Waals surface area contributed by atoms with Crippen LogP contribution < -0.4 is 14.8 Å². The number of anilines is 1. The second-order valence-corrected chi connectivity index (χ2v) is 8.60. The third-order valence-corrected chi connectivity index (χ3v) is 6.23. The highest BCUT2D eigenvalue weighted by Crippen LogP contribution is 2.34. The van der Waals surface area contributed by atoms with Crippen molar-refractivity contribution in [3.05, 3.63) is 77.3 Å². The monoisotopic (exact) mass is 479 g/mol. The van der Waals surface area contributed by atoms with Crippen LogP contribution in [0.2, 0.25) is 5.02 Å². The molecule has 0 unspecified atom stereocenters.